The molecule has 2 aromatic carbocycles. The van der Waals surface area contributed by atoms with Crippen LogP contribution < -0.4 is 5.32 Å². The number of rotatable bonds is 8. The SMILES string of the molecule is CC(C)Cc1ccc(C(C)C(=O)N2CCNC(=O)C2CC(=O)OCc2ccccc2)cc1. The normalized spacial score (nSPS) is 17.1. The van der Waals surface area contributed by atoms with Crippen LogP contribution in [-0.2, 0) is 32.1 Å². The number of amides is 2. The van der Waals surface area contributed by atoms with Crippen LogP contribution >= 0.6 is 0 Å². The van der Waals surface area contributed by atoms with Crippen LogP contribution in [0.15, 0.2) is 54.6 Å². The van der Waals surface area contributed by atoms with Gasteiger partial charge in [-0.2, -0.15) is 0 Å². The number of ether oxygens (including phenoxy) is 1. The van der Waals surface area contributed by atoms with Gasteiger partial charge in [-0.05, 0) is 36.0 Å². The maximum Gasteiger partial charge on any atom is 0.308 e. The fourth-order valence-corrected chi connectivity index (χ4v) is 3.94. The third-order valence-corrected chi connectivity index (χ3v) is 5.71. The van der Waals surface area contributed by atoms with E-state index in [0.29, 0.717) is 19.0 Å². The van der Waals surface area contributed by atoms with Crippen molar-refractivity contribution < 1.29 is 19.1 Å². The van der Waals surface area contributed by atoms with Gasteiger partial charge < -0.3 is 15.0 Å². The first kappa shape index (κ1) is 23.5. The molecule has 1 saturated heterocycles. The Morgan fingerprint density at radius 2 is 1.72 bits per heavy atom. The quantitative estimate of drug-likeness (QED) is 0.643. The third-order valence-electron chi connectivity index (χ3n) is 5.71. The van der Waals surface area contributed by atoms with E-state index >= 15 is 0 Å². The summed E-state index contributed by atoms with van der Waals surface area (Å²) in [5.41, 5.74) is 3.01. The molecule has 1 fully saturated rings. The van der Waals surface area contributed by atoms with Gasteiger partial charge >= 0.3 is 5.97 Å². The number of carbonyl (C=O) groups excluding carboxylic acids is 3. The average Bonchev–Trinajstić information content (AvgIpc) is 2.79. The van der Waals surface area contributed by atoms with Crippen molar-refractivity contribution in [2.24, 2.45) is 5.92 Å². The van der Waals surface area contributed by atoms with Crippen molar-refractivity contribution in [3.05, 3.63) is 71.3 Å². The van der Waals surface area contributed by atoms with Gasteiger partial charge in [-0.1, -0.05) is 68.4 Å². The Morgan fingerprint density at radius 1 is 1.03 bits per heavy atom. The van der Waals surface area contributed by atoms with Gasteiger partial charge in [0.25, 0.3) is 0 Å². The van der Waals surface area contributed by atoms with Crippen LogP contribution in [0.1, 0.15) is 49.8 Å². The fraction of sp³-hybridized carbons (Fsp3) is 0.423. The molecule has 1 heterocycles. The predicted molar refractivity (Wildman–Crippen MR) is 123 cm³/mol. The molecule has 0 bridgehead atoms. The summed E-state index contributed by atoms with van der Waals surface area (Å²) in [6.07, 6.45) is 0.826. The van der Waals surface area contributed by atoms with Crippen LogP contribution in [0.25, 0.3) is 0 Å². The molecule has 3 rings (SSSR count). The number of carbonyl (C=O) groups is 3. The zero-order valence-corrected chi connectivity index (χ0v) is 19.0. The van der Waals surface area contributed by atoms with Crippen LogP contribution in [0, 0.1) is 5.92 Å². The van der Waals surface area contributed by atoms with Crippen molar-refractivity contribution in [3.63, 3.8) is 0 Å². The summed E-state index contributed by atoms with van der Waals surface area (Å²) in [6, 6.07) is 16.6. The Kier molecular flexibility index (Phi) is 8.03. The van der Waals surface area contributed by atoms with Crippen molar-refractivity contribution in [1.29, 1.82) is 0 Å². The summed E-state index contributed by atoms with van der Waals surface area (Å²) in [4.78, 5) is 39.7. The van der Waals surface area contributed by atoms with Gasteiger partial charge in [-0.3, -0.25) is 14.4 Å². The highest BCUT2D eigenvalue weighted by Gasteiger charge is 2.37. The highest BCUT2D eigenvalue weighted by molar-refractivity contribution is 5.93. The molecular formula is C26H32N2O4. The molecule has 0 aromatic heterocycles. The van der Waals surface area contributed by atoms with E-state index in [1.807, 2.05) is 49.4 Å². The summed E-state index contributed by atoms with van der Waals surface area (Å²) in [5, 5.41) is 2.76. The molecule has 170 valence electrons. The van der Waals surface area contributed by atoms with Gasteiger partial charge in [0.2, 0.25) is 11.8 Å². The molecule has 2 unspecified atom stereocenters. The average molecular weight is 437 g/mol. The number of benzene rings is 2. The largest absolute Gasteiger partial charge is 0.461 e. The third kappa shape index (κ3) is 6.19. The van der Waals surface area contributed by atoms with E-state index in [-0.39, 0.29) is 24.8 Å². The fourth-order valence-electron chi connectivity index (χ4n) is 3.94. The second-order valence-electron chi connectivity index (χ2n) is 8.75. The van der Waals surface area contributed by atoms with E-state index in [0.717, 1.165) is 17.5 Å². The highest BCUT2D eigenvalue weighted by atomic mass is 16.5. The minimum absolute atomic E-state index is 0.140. The maximum absolute atomic E-state index is 13.3. The molecule has 1 N–H and O–H groups in total. The highest BCUT2D eigenvalue weighted by Crippen LogP contribution is 2.23. The van der Waals surface area contributed by atoms with Gasteiger partial charge in [-0.15, -0.1) is 0 Å². The molecule has 2 amide bonds. The van der Waals surface area contributed by atoms with Crippen LogP contribution in [0.3, 0.4) is 0 Å². The molecule has 1 aliphatic rings. The molecule has 2 atom stereocenters. The van der Waals surface area contributed by atoms with Crippen molar-refractivity contribution >= 4 is 17.8 Å². The van der Waals surface area contributed by atoms with Crippen LogP contribution in [0.5, 0.6) is 0 Å². The lowest BCUT2D eigenvalue weighted by Gasteiger charge is -2.36. The van der Waals surface area contributed by atoms with Gasteiger partial charge in [0.1, 0.15) is 12.6 Å². The monoisotopic (exact) mass is 436 g/mol. The van der Waals surface area contributed by atoms with Gasteiger partial charge in [-0.25, -0.2) is 0 Å². The molecule has 0 aliphatic carbocycles. The van der Waals surface area contributed by atoms with E-state index in [1.165, 1.54) is 10.5 Å². The van der Waals surface area contributed by atoms with Gasteiger partial charge in [0.15, 0.2) is 0 Å². The van der Waals surface area contributed by atoms with Gasteiger partial charge in [0.05, 0.1) is 12.3 Å². The van der Waals surface area contributed by atoms with E-state index in [4.69, 9.17) is 4.74 Å². The summed E-state index contributed by atoms with van der Waals surface area (Å²) in [5.74, 6) is -0.816. The molecule has 1 aliphatic heterocycles. The Hall–Kier alpha value is -3.15. The maximum atomic E-state index is 13.3. The number of hydrogen-bond donors (Lipinski definition) is 1. The molecule has 6 heteroatoms. The zero-order chi connectivity index (χ0) is 23.1. The molecule has 32 heavy (non-hydrogen) atoms. The number of piperazine rings is 1. The minimum atomic E-state index is -0.859. The lowest BCUT2D eigenvalue weighted by molar-refractivity contribution is -0.153. The first-order chi connectivity index (χ1) is 15.3. The molecule has 2 aromatic rings. The zero-order valence-electron chi connectivity index (χ0n) is 19.0. The van der Waals surface area contributed by atoms with E-state index < -0.39 is 17.9 Å². The summed E-state index contributed by atoms with van der Waals surface area (Å²) < 4.78 is 5.34. The number of esters is 1. The number of nitrogens with zero attached hydrogens (tertiary/aromatic N) is 1. The molecule has 0 radical (unpaired) electrons. The lowest BCUT2D eigenvalue weighted by atomic mass is 9.95. The van der Waals surface area contributed by atoms with E-state index in [9.17, 15) is 14.4 Å². The standard InChI is InChI=1S/C26H32N2O4/c1-18(2)15-20-9-11-22(12-10-20)19(3)26(31)28-14-13-27-25(30)23(28)16-24(29)32-17-21-7-5-4-6-8-21/h4-12,18-19,23H,13-17H2,1-3H3,(H,27,30). The predicted octanol–water partition coefficient (Wildman–Crippen LogP) is 3.45. The second-order valence-corrected chi connectivity index (χ2v) is 8.75. The first-order valence-corrected chi connectivity index (χ1v) is 11.2. The topological polar surface area (TPSA) is 75.7 Å². The molecule has 0 spiro atoms. The molecule has 0 saturated carbocycles. The molecule has 6 nitrogen and oxygen atoms in total. The van der Waals surface area contributed by atoms with Crippen molar-refractivity contribution in [3.8, 4) is 0 Å². The van der Waals surface area contributed by atoms with Crippen molar-refractivity contribution in [2.45, 2.75) is 52.2 Å². The summed E-state index contributed by atoms with van der Waals surface area (Å²) in [6.45, 7) is 7.08. The summed E-state index contributed by atoms with van der Waals surface area (Å²) in [7, 11) is 0. The van der Waals surface area contributed by atoms with Gasteiger partial charge in [0, 0.05) is 13.1 Å². The molecular weight excluding hydrogens is 404 g/mol. The van der Waals surface area contributed by atoms with Crippen LogP contribution in [-0.4, -0.2) is 41.8 Å². The van der Waals surface area contributed by atoms with Crippen molar-refractivity contribution in [2.75, 3.05) is 13.1 Å². The Bertz CT molecular complexity index is 925. The Balaban J connectivity index is 1.65. The first-order valence-electron chi connectivity index (χ1n) is 11.2. The smallest absolute Gasteiger partial charge is 0.308 e. The van der Waals surface area contributed by atoms with Crippen molar-refractivity contribution in [1.82, 2.24) is 10.2 Å². The van der Waals surface area contributed by atoms with E-state index in [1.54, 1.807) is 0 Å². The lowest BCUT2D eigenvalue weighted by Crippen LogP contribution is -2.58. The van der Waals surface area contributed by atoms with Crippen LogP contribution in [0.4, 0.5) is 0 Å². The second kappa shape index (κ2) is 10.9. The van der Waals surface area contributed by atoms with E-state index in [2.05, 4.69) is 31.3 Å². The van der Waals surface area contributed by atoms with Crippen LogP contribution in [0.2, 0.25) is 0 Å². The minimum Gasteiger partial charge on any atom is -0.461 e. The number of hydrogen-bond acceptors (Lipinski definition) is 4. The summed E-state index contributed by atoms with van der Waals surface area (Å²) >= 11 is 0. The Morgan fingerprint density at radius 3 is 2.38 bits per heavy atom. The number of nitrogens with one attached hydrogen (secondary N) is 1. The Labute approximate surface area is 189 Å².